The van der Waals surface area contributed by atoms with E-state index in [2.05, 4.69) is 26.6 Å². The molecule has 1 amide bonds. The number of amides is 1. The van der Waals surface area contributed by atoms with Crippen molar-refractivity contribution in [3.63, 3.8) is 0 Å². The van der Waals surface area contributed by atoms with Crippen LogP contribution in [0.25, 0.3) is 0 Å². The minimum atomic E-state index is -0.471. The Morgan fingerprint density at radius 1 is 1.16 bits per heavy atom. The SMILES string of the molecule is Cc1cc(C)cc(OCc2c(C(=O)Nc3ncn(Cc4cccc(Cl)c4)n3)noc2C)c1. The normalized spacial score (nSPS) is 10.9. The van der Waals surface area contributed by atoms with E-state index in [1.165, 1.54) is 6.33 Å². The molecule has 0 aliphatic rings. The lowest BCUT2D eigenvalue weighted by Crippen LogP contribution is -2.16. The van der Waals surface area contributed by atoms with E-state index in [0.29, 0.717) is 22.9 Å². The lowest BCUT2D eigenvalue weighted by atomic mass is 10.1. The molecule has 9 heteroatoms. The van der Waals surface area contributed by atoms with Gasteiger partial charge in [0, 0.05) is 5.02 Å². The molecule has 0 saturated carbocycles. The summed E-state index contributed by atoms with van der Waals surface area (Å²) in [6, 6.07) is 13.4. The van der Waals surface area contributed by atoms with Crippen LogP contribution in [0, 0.1) is 20.8 Å². The minimum absolute atomic E-state index is 0.137. The zero-order valence-corrected chi connectivity index (χ0v) is 18.7. The van der Waals surface area contributed by atoms with Gasteiger partial charge in [0.2, 0.25) is 5.95 Å². The maximum atomic E-state index is 12.8. The molecule has 0 aliphatic heterocycles. The van der Waals surface area contributed by atoms with Crippen molar-refractivity contribution in [3.8, 4) is 5.75 Å². The third-order valence-electron chi connectivity index (χ3n) is 4.77. The molecule has 0 radical (unpaired) electrons. The molecule has 0 spiro atoms. The fourth-order valence-electron chi connectivity index (χ4n) is 3.32. The van der Waals surface area contributed by atoms with Gasteiger partial charge in [0.1, 0.15) is 24.4 Å². The molecule has 0 aliphatic carbocycles. The van der Waals surface area contributed by atoms with E-state index >= 15 is 0 Å². The van der Waals surface area contributed by atoms with Crippen LogP contribution in [0.1, 0.15) is 38.5 Å². The summed E-state index contributed by atoms with van der Waals surface area (Å²) in [5, 5.41) is 11.5. The number of aromatic nitrogens is 4. The van der Waals surface area contributed by atoms with Crippen molar-refractivity contribution in [2.45, 2.75) is 33.9 Å². The summed E-state index contributed by atoms with van der Waals surface area (Å²) in [5.41, 5.74) is 3.87. The monoisotopic (exact) mass is 451 g/mol. The molecule has 4 aromatic rings. The van der Waals surface area contributed by atoms with Gasteiger partial charge < -0.3 is 9.26 Å². The number of carbonyl (C=O) groups is 1. The average molecular weight is 452 g/mol. The summed E-state index contributed by atoms with van der Waals surface area (Å²) in [4.78, 5) is 16.9. The van der Waals surface area contributed by atoms with Crippen molar-refractivity contribution in [1.29, 1.82) is 0 Å². The predicted molar refractivity (Wildman–Crippen MR) is 120 cm³/mol. The van der Waals surface area contributed by atoms with E-state index in [0.717, 1.165) is 22.4 Å². The number of anilines is 1. The number of nitrogens with zero attached hydrogens (tertiary/aromatic N) is 4. The fourth-order valence-corrected chi connectivity index (χ4v) is 3.54. The quantitative estimate of drug-likeness (QED) is 0.436. The van der Waals surface area contributed by atoms with Crippen LogP contribution >= 0.6 is 11.6 Å². The van der Waals surface area contributed by atoms with Crippen LogP contribution < -0.4 is 10.1 Å². The van der Waals surface area contributed by atoms with Gasteiger partial charge in [0.05, 0.1) is 12.1 Å². The van der Waals surface area contributed by atoms with Crippen LogP contribution in [-0.4, -0.2) is 25.8 Å². The van der Waals surface area contributed by atoms with Crippen LogP contribution in [0.3, 0.4) is 0 Å². The van der Waals surface area contributed by atoms with E-state index < -0.39 is 5.91 Å². The Labute approximate surface area is 190 Å². The van der Waals surface area contributed by atoms with Crippen molar-refractivity contribution in [2.24, 2.45) is 0 Å². The molecule has 0 atom stereocenters. The molecule has 2 heterocycles. The standard InChI is InChI=1S/C23H22ClN5O3/c1-14-7-15(2)9-19(8-14)31-12-20-16(3)32-28-21(20)22(30)26-23-25-13-29(27-23)11-17-5-4-6-18(24)10-17/h4-10,13H,11-12H2,1-3H3,(H,26,27,30). The van der Waals surface area contributed by atoms with Crippen molar-refractivity contribution < 1.29 is 14.1 Å². The number of halogens is 1. The van der Waals surface area contributed by atoms with Gasteiger partial charge in [-0.25, -0.2) is 9.67 Å². The molecule has 2 aromatic carbocycles. The zero-order chi connectivity index (χ0) is 22.7. The van der Waals surface area contributed by atoms with E-state index in [1.807, 2.05) is 44.2 Å². The van der Waals surface area contributed by atoms with Crippen LogP contribution in [0.4, 0.5) is 5.95 Å². The first kappa shape index (κ1) is 21.6. The number of carbonyl (C=O) groups excluding carboxylic acids is 1. The number of aryl methyl sites for hydroxylation is 3. The van der Waals surface area contributed by atoms with Crippen LogP contribution in [0.2, 0.25) is 5.02 Å². The van der Waals surface area contributed by atoms with Gasteiger partial charge >= 0.3 is 0 Å². The second-order valence-electron chi connectivity index (χ2n) is 7.53. The first-order valence-corrected chi connectivity index (χ1v) is 10.4. The van der Waals surface area contributed by atoms with Gasteiger partial charge in [-0.15, -0.1) is 5.10 Å². The maximum absolute atomic E-state index is 12.8. The molecule has 8 nitrogen and oxygen atoms in total. The fraction of sp³-hybridized carbons (Fsp3) is 0.217. The molecular weight excluding hydrogens is 430 g/mol. The number of hydrogen-bond acceptors (Lipinski definition) is 6. The molecule has 1 N–H and O–H groups in total. The summed E-state index contributed by atoms with van der Waals surface area (Å²) in [5.74, 6) is 0.926. The number of hydrogen-bond donors (Lipinski definition) is 1. The average Bonchev–Trinajstić information content (AvgIpc) is 3.31. The largest absolute Gasteiger partial charge is 0.489 e. The Balaban J connectivity index is 1.43. The number of nitrogens with one attached hydrogen (secondary N) is 1. The number of rotatable bonds is 7. The summed E-state index contributed by atoms with van der Waals surface area (Å²) < 4.78 is 12.7. The molecule has 2 aromatic heterocycles. The van der Waals surface area contributed by atoms with Crippen molar-refractivity contribution in [1.82, 2.24) is 19.9 Å². The highest BCUT2D eigenvalue weighted by atomic mass is 35.5. The predicted octanol–water partition coefficient (Wildman–Crippen LogP) is 4.72. The lowest BCUT2D eigenvalue weighted by molar-refractivity contribution is 0.101. The van der Waals surface area contributed by atoms with Crippen molar-refractivity contribution >= 4 is 23.5 Å². The lowest BCUT2D eigenvalue weighted by Gasteiger charge is -2.08. The Bertz CT molecular complexity index is 1240. The maximum Gasteiger partial charge on any atom is 0.280 e. The molecule has 164 valence electrons. The molecule has 0 unspecified atom stereocenters. The minimum Gasteiger partial charge on any atom is -0.489 e. The molecule has 32 heavy (non-hydrogen) atoms. The Morgan fingerprint density at radius 2 is 1.94 bits per heavy atom. The third-order valence-corrected chi connectivity index (χ3v) is 5.01. The van der Waals surface area contributed by atoms with Gasteiger partial charge in [-0.3, -0.25) is 10.1 Å². The summed E-state index contributed by atoms with van der Waals surface area (Å²) in [6.07, 6.45) is 1.54. The number of ether oxygens (including phenoxy) is 1. The highest BCUT2D eigenvalue weighted by Gasteiger charge is 2.21. The third kappa shape index (κ3) is 5.15. The van der Waals surface area contributed by atoms with Crippen LogP contribution in [0.5, 0.6) is 5.75 Å². The summed E-state index contributed by atoms with van der Waals surface area (Å²) in [7, 11) is 0. The molecule has 4 rings (SSSR count). The highest BCUT2D eigenvalue weighted by Crippen LogP contribution is 2.21. The van der Waals surface area contributed by atoms with Crippen LogP contribution in [0.15, 0.2) is 53.3 Å². The Hall–Kier alpha value is -3.65. The van der Waals surface area contributed by atoms with E-state index in [1.54, 1.807) is 17.7 Å². The summed E-state index contributed by atoms with van der Waals surface area (Å²) >= 11 is 6.02. The Morgan fingerprint density at radius 3 is 2.69 bits per heavy atom. The molecule has 0 bridgehead atoms. The molecule has 0 saturated heterocycles. The van der Waals surface area contributed by atoms with Crippen LogP contribution in [-0.2, 0) is 13.2 Å². The molecule has 0 fully saturated rings. The topological polar surface area (TPSA) is 95.1 Å². The van der Waals surface area contributed by atoms with Gasteiger partial charge in [-0.2, -0.15) is 0 Å². The summed E-state index contributed by atoms with van der Waals surface area (Å²) in [6.45, 7) is 6.37. The van der Waals surface area contributed by atoms with Gasteiger partial charge in [0.25, 0.3) is 5.91 Å². The second kappa shape index (κ2) is 9.23. The first-order chi connectivity index (χ1) is 15.4. The number of benzene rings is 2. The smallest absolute Gasteiger partial charge is 0.280 e. The Kier molecular flexibility index (Phi) is 6.23. The molecular formula is C23H22ClN5O3. The van der Waals surface area contributed by atoms with Gasteiger partial charge in [0.15, 0.2) is 5.69 Å². The zero-order valence-electron chi connectivity index (χ0n) is 17.9. The van der Waals surface area contributed by atoms with Crippen molar-refractivity contribution in [2.75, 3.05) is 5.32 Å². The first-order valence-electron chi connectivity index (χ1n) is 9.99. The van der Waals surface area contributed by atoms with Gasteiger partial charge in [-0.05, 0) is 61.7 Å². The van der Waals surface area contributed by atoms with E-state index in [-0.39, 0.29) is 18.2 Å². The van der Waals surface area contributed by atoms with Gasteiger partial charge in [-0.1, -0.05) is 35.0 Å². The van der Waals surface area contributed by atoms with E-state index in [4.69, 9.17) is 20.9 Å². The van der Waals surface area contributed by atoms with Crippen molar-refractivity contribution in [3.05, 3.63) is 87.5 Å². The van der Waals surface area contributed by atoms with E-state index in [9.17, 15) is 4.79 Å². The second-order valence-corrected chi connectivity index (χ2v) is 7.96. The highest BCUT2D eigenvalue weighted by molar-refractivity contribution is 6.30.